The van der Waals surface area contributed by atoms with Gasteiger partial charge in [0.1, 0.15) is 25.0 Å². The van der Waals surface area contributed by atoms with E-state index in [2.05, 4.69) is 16.7 Å². The van der Waals surface area contributed by atoms with Crippen LogP contribution in [0.5, 0.6) is 17.2 Å². The predicted octanol–water partition coefficient (Wildman–Crippen LogP) is 7.62. The Morgan fingerprint density at radius 2 is 1.61 bits per heavy atom. The van der Waals surface area contributed by atoms with Gasteiger partial charge < -0.3 is 29.6 Å². The van der Waals surface area contributed by atoms with E-state index in [-0.39, 0.29) is 30.8 Å². The molecule has 9 nitrogen and oxygen atoms in total. The van der Waals surface area contributed by atoms with E-state index in [0.29, 0.717) is 43.2 Å². The van der Waals surface area contributed by atoms with Crippen LogP contribution in [0.1, 0.15) is 45.0 Å². The summed E-state index contributed by atoms with van der Waals surface area (Å²) in [6.45, 7) is 3.18. The van der Waals surface area contributed by atoms with Gasteiger partial charge >= 0.3 is 5.97 Å². The van der Waals surface area contributed by atoms with Gasteiger partial charge in [0.2, 0.25) is 5.91 Å². The van der Waals surface area contributed by atoms with Crippen molar-refractivity contribution in [1.82, 2.24) is 10.6 Å². The maximum Gasteiger partial charge on any atom is 0.328 e. The molecular formula is C43H39Cl2N3O6. The van der Waals surface area contributed by atoms with Gasteiger partial charge in [0.15, 0.2) is 17.6 Å². The van der Waals surface area contributed by atoms with Crippen LogP contribution < -0.4 is 24.8 Å². The van der Waals surface area contributed by atoms with Crippen LogP contribution in [-0.4, -0.2) is 37.7 Å². The van der Waals surface area contributed by atoms with E-state index in [1.807, 2.05) is 97.9 Å². The van der Waals surface area contributed by atoms with Gasteiger partial charge in [-0.25, -0.2) is 4.79 Å². The summed E-state index contributed by atoms with van der Waals surface area (Å²) in [5, 5.41) is 16.0. The second-order valence-electron chi connectivity index (χ2n) is 13.2. The number of carbonyl (C=O) groups excluding carboxylic acids is 2. The lowest BCUT2D eigenvalue weighted by molar-refractivity contribution is -0.145. The van der Waals surface area contributed by atoms with Gasteiger partial charge in [0.25, 0.3) is 0 Å². The number of carbonyl (C=O) groups is 2. The molecule has 0 aliphatic carbocycles. The van der Waals surface area contributed by atoms with Crippen LogP contribution >= 0.6 is 24.0 Å². The molecule has 276 valence electrons. The summed E-state index contributed by atoms with van der Waals surface area (Å²) in [4.78, 5) is 26.3. The van der Waals surface area contributed by atoms with E-state index in [4.69, 9.17) is 35.8 Å². The van der Waals surface area contributed by atoms with Gasteiger partial charge in [-0.1, -0.05) is 72.3 Å². The van der Waals surface area contributed by atoms with E-state index in [1.54, 1.807) is 12.1 Å². The molecule has 0 radical (unpaired) electrons. The summed E-state index contributed by atoms with van der Waals surface area (Å²) in [5.41, 5.74) is 8.43. The molecule has 0 fully saturated rings. The molecule has 0 bridgehead atoms. The van der Waals surface area contributed by atoms with Crippen LogP contribution in [0.3, 0.4) is 0 Å². The molecule has 5 aromatic rings. The van der Waals surface area contributed by atoms with E-state index < -0.39 is 18.1 Å². The van der Waals surface area contributed by atoms with Crippen molar-refractivity contribution in [2.45, 2.75) is 51.1 Å². The van der Waals surface area contributed by atoms with Crippen molar-refractivity contribution in [3.05, 3.63) is 147 Å². The van der Waals surface area contributed by atoms with Gasteiger partial charge in [-0.3, -0.25) is 4.79 Å². The molecule has 0 spiro atoms. The number of fused-ring (bicyclic) bond motifs is 2. The molecule has 2 aliphatic heterocycles. The summed E-state index contributed by atoms with van der Waals surface area (Å²) in [6.07, 6.45) is 0.404. The summed E-state index contributed by atoms with van der Waals surface area (Å²) < 4.78 is 23.6. The maximum atomic E-state index is 13.5. The highest BCUT2D eigenvalue weighted by Gasteiger charge is 2.31. The summed E-state index contributed by atoms with van der Waals surface area (Å²) in [7, 11) is 1.31. The third-order valence-corrected chi connectivity index (χ3v) is 10.0. The smallest absolute Gasteiger partial charge is 0.328 e. The molecule has 1 amide bonds. The molecule has 5 aromatic carbocycles. The minimum absolute atomic E-state index is 0. The SMILES string of the molecule is COC(=O)[C@H](Cc1ccc(-c2ccc(C#N)cc2)cc1)NC(=O)C1Cc2cc3c(cc2CN1)O[C@@H](c1ccc(OCc2ccc(C)c(Cl)c2)cc1)CO3.Cl. The van der Waals surface area contributed by atoms with Gasteiger partial charge in [-0.2, -0.15) is 5.26 Å². The van der Waals surface area contributed by atoms with Crippen LogP contribution in [0.2, 0.25) is 5.02 Å². The number of halogens is 2. The zero-order chi connectivity index (χ0) is 36.9. The first-order valence-corrected chi connectivity index (χ1v) is 17.8. The maximum absolute atomic E-state index is 13.5. The molecule has 2 heterocycles. The number of nitriles is 1. The normalized spacial score (nSPS) is 16.1. The lowest BCUT2D eigenvalue weighted by atomic mass is 9.94. The van der Waals surface area contributed by atoms with Crippen molar-refractivity contribution in [3.63, 3.8) is 0 Å². The number of amides is 1. The fourth-order valence-corrected chi connectivity index (χ4v) is 6.72. The monoisotopic (exact) mass is 763 g/mol. The number of hydrogen-bond acceptors (Lipinski definition) is 8. The number of ether oxygens (including phenoxy) is 4. The zero-order valence-corrected chi connectivity index (χ0v) is 31.3. The number of nitrogens with zero attached hydrogens (tertiary/aromatic N) is 1. The van der Waals surface area contributed by atoms with Crippen molar-refractivity contribution in [2.75, 3.05) is 13.7 Å². The Morgan fingerprint density at radius 3 is 2.30 bits per heavy atom. The largest absolute Gasteiger partial charge is 0.489 e. The molecule has 3 atom stereocenters. The zero-order valence-electron chi connectivity index (χ0n) is 29.8. The number of aryl methyl sites for hydroxylation is 1. The summed E-state index contributed by atoms with van der Waals surface area (Å²) in [6, 6.07) is 33.5. The van der Waals surface area contributed by atoms with Gasteiger partial charge in [0, 0.05) is 18.0 Å². The highest BCUT2D eigenvalue weighted by Crippen LogP contribution is 2.40. The number of nitrogens with one attached hydrogen (secondary N) is 2. The van der Waals surface area contributed by atoms with Crippen LogP contribution in [0.15, 0.2) is 103 Å². The van der Waals surface area contributed by atoms with E-state index >= 15 is 0 Å². The minimum atomic E-state index is -0.860. The van der Waals surface area contributed by atoms with Gasteiger partial charge in [-0.05, 0) is 100 Å². The molecule has 54 heavy (non-hydrogen) atoms. The third-order valence-electron chi connectivity index (χ3n) is 9.64. The average molecular weight is 765 g/mol. The molecule has 0 saturated heterocycles. The quantitative estimate of drug-likeness (QED) is 0.140. The first-order valence-electron chi connectivity index (χ1n) is 17.4. The first kappa shape index (κ1) is 38.2. The Morgan fingerprint density at radius 1 is 0.926 bits per heavy atom. The molecular weight excluding hydrogens is 725 g/mol. The highest BCUT2D eigenvalue weighted by molar-refractivity contribution is 6.31. The number of methoxy groups -OCH3 is 1. The van der Waals surface area contributed by atoms with Crippen molar-refractivity contribution < 1.29 is 28.5 Å². The summed E-state index contributed by atoms with van der Waals surface area (Å²) >= 11 is 6.25. The fraction of sp³-hybridized carbons (Fsp3) is 0.233. The van der Waals surface area contributed by atoms with Crippen LogP contribution in [-0.2, 0) is 40.3 Å². The number of benzene rings is 5. The van der Waals surface area contributed by atoms with Crippen molar-refractivity contribution in [3.8, 4) is 34.4 Å². The van der Waals surface area contributed by atoms with Crippen LogP contribution in [0.25, 0.3) is 11.1 Å². The predicted molar refractivity (Wildman–Crippen MR) is 208 cm³/mol. The lowest BCUT2D eigenvalue weighted by Gasteiger charge is -2.31. The minimum Gasteiger partial charge on any atom is -0.489 e. The number of rotatable bonds is 10. The molecule has 7 rings (SSSR count). The molecule has 2 N–H and O–H groups in total. The second kappa shape index (κ2) is 17.1. The second-order valence-corrected chi connectivity index (χ2v) is 13.6. The molecule has 0 aromatic heterocycles. The molecule has 0 saturated carbocycles. The Hall–Kier alpha value is -5.53. The van der Waals surface area contributed by atoms with Gasteiger partial charge in [0.05, 0.1) is 24.8 Å². The number of hydrogen-bond donors (Lipinski definition) is 2. The Kier molecular flexibility index (Phi) is 12.1. The van der Waals surface area contributed by atoms with E-state index in [9.17, 15) is 9.59 Å². The fourth-order valence-electron chi connectivity index (χ4n) is 6.52. The van der Waals surface area contributed by atoms with Crippen molar-refractivity contribution in [2.24, 2.45) is 0 Å². The molecule has 11 heteroatoms. The van der Waals surface area contributed by atoms with Gasteiger partial charge in [-0.15, -0.1) is 12.4 Å². The average Bonchev–Trinajstić information content (AvgIpc) is 3.20. The van der Waals surface area contributed by atoms with Crippen LogP contribution in [0.4, 0.5) is 0 Å². The standard InChI is InChI=1S/C43H38ClN3O6.ClH/c1-26-3-4-29(17-36(26)44)24-51-35-15-13-32(14-16-35)41-25-52-39-20-33-19-37(46-23-34(33)21-40(39)53-41)42(48)47-38(43(49)50-2)18-27-5-9-30(10-6-27)31-11-7-28(22-45)8-12-31;/h3-17,20-21,37-38,41,46H,18-19,23-25H2,1-2H3,(H,47,48);1H/t37?,38-,41+;/m0./s1. The number of esters is 1. The summed E-state index contributed by atoms with van der Waals surface area (Å²) in [5.74, 6) is 1.22. The van der Waals surface area contributed by atoms with Crippen molar-refractivity contribution in [1.29, 1.82) is 5.26 Å². The topological polar surface area (TPSA) is 119 Å². The van der Waals surface area contributed by atoms with E-state index in [0.717, 1.165) is 55.3 Å². The van der Waals surface area contributed by atoms with Crippen LogP contribution in [0, 0.1) is 18.3 Å². The highest BCUT2D eigenvalue weighted by atomic mass is 35.5. The van der Waals surface area contributed by atoms with Crippen molar-refractivity contribution >= 4 is 35.9 Å². The Bertz CT molecular complexity index is 2170. The Labute approximate surface area is 325 Å². The molecule has 2 aliphatic rings. The Balaban J connectivity index is 0.00000497. The molecule has 1 unspecified atom stereocenters. The van der Waals surface area contributed by atoms with E-state index in [1.165, 1.54) is 7.11 Å². The lowest BCUT2D eigenvalue weighted by Crippen LogP contribution is -2.53. The first-order chi connectivity index (χ1) is 25.8. The third kappa shape index (κ3) is 8.80.